The molecule has 3 N–H and O–H groups in total. The molecule has 0 bridgehead atoms. The van der Waals surface area contributed by atoms with E-state index in [-0.39, 0.29) is 24.0 Å². The lowest BCUT2D eigenvalue weighted by Crippen LogP contribution is -2.31. The maximum absolute atomic E-state index is 13.0. The number of aliphatic hydroxyl groups is 1. The van der Waals surface area contributed by atoms with Gasteiger partial charge in [0.05, 0.1) is 18.3 Å². The van der Waals surface area contributed by atoms with Crippen LogP contribution in [0.5, 0.6) is 0 Å². The van der Waals surface area contributed by atoms with Gasteiger partial charge in [-0.1, -0.05) is 30.3 Å². The third kappa shape index (κ3) is 3.49. The standard InChI is InChI=1S/C18H16FN3O2/c19-14-8-6-13(7-9-14)15-10-16(22-21-15)18(24)20-17(11-23)12-4-2-1-3-5-12/h1-10,17,23H,11H2,(H,20,24)(H,21,22). The zero-order chi connectivity index (χ0) is 16.9. The summed E-state index contributed by atoms with van der Waals surface area (Å²) in [7, 11) is 0. The van der Waals surface area contributed by atoms with Gasteiger partial charge < -0.3 is 10.4 Å². The first-order valence-corrected chi connectivity index (χ1v) is 7.45. The number of H-pyrrole nitrogens is 1. The van der Waals surface area contributed by atoms with Crippen LogP contribution in [0.4, 0.5) is 4.39 Å². The van der Waals surface area contributed by atoms with E-state index in [0.29, 0.717) is 11.3 Å². The average molecular weight is 325 g/mol. The van der Waals surface area contributed by atoms with Gasteiger partial charge in [0.25, 0.3) is 5.91 Å². The third-order valence-corrected chi connectivity index (χ3v) is 3.65. The zero-order valence-corrected chi connectivity index (χ0v) is 12.7. The van der Waals surface area contributed by atoms with Crippen LogP contribution in [0.15, 0.2) is 60.7 Å². The van der Waals surface area contributed by atoms with Crippen LogP contribution < -0.4 is 5.32 Å². The van der Waals surface area contributed by atoms with E-state index in [1.165, 1.54) is 12.1 Å². The predicted molar refractivity (Wildman–Crippen MR) is 87.7 cm³/mol. The van der Waals surface area contributed by atoms with E-state index in [1.807, 2.05) is 30.3 Å². The molecule has 122 valence electrons. The van der Waals surface area contributed by atoms with Crippen molar-refractivity contribution in [3.63, 3.8) is 0 Å². The second-order valence-corrected chi connectivity index (χ2v) is 5.29. The zero-order valence-electron chi connectivity index (χ0n) is 12.7. The van der Waals surface area contributed by atoms with Gasteiger partial charge in [-0.2, -0.15) is 5.10 Å². The number of carbonyl (C=O) groups is 1. The first kappa shape index (κ1) is 15.9. The molecule has 1 atom stereocenters. The summed E-state index contributed by atoms with van der Waals surface area (Å²) in [6.07, 6.45) is 0. The quantitative estimate of drug-likeness (QED) is 0.675. The smallest absolute Gasteiger partial charge is 0.269 e. The van der Waals surface area contributed by atoms with Crippen LogP contribution in [0, 0.1) is 5.82 Å². The Morgan fingerprint density at radius 2 is 1.88 bits per heavy atom. The highest BCUT2D eigenvalue weighted by atomic mass is 19.1. The number of amides is 1. The summed E-state index contributed by atoms with van der Waals surface area (Å²) in [5, 5.41) is 19.0. The molecule has 6 heteroatoms. The Morgan fingerprint density at radius 3 is 2.54 bits per heavy atom. The van der Waals surface area contributed by atoms with Crippen molar-refractivity contribution in [3.8, 4) is 11.3 Å². The van der Waals surface area contributed by atoms with Crippen LogP contribution in [0.1, 0.15) is 22.1 Å². The van der Waals surface area contributed by atoms with Crippen LogP contribution in [0.3, 0.4) is 0 Å². The second kappa shape index (κ2) is 7.06. The molecular weight excluding hydrogens is 309 g/mol. The molecule has 1 amide bonds. The molecule has 2 aromatic carbocycles. The lowest BCUT2D eigenvalue weighted by atomic mass is 10.1. The molecule has 0 aliphatic rings. The van der Waals surface area contributed by atoms with E-state index in [2.05, 4.69) is 15.5 Å². The fourth-order valence-corrected chi connectivity index (χ4v) is 2.36. The Hall–Kier alpha value is -2.99. The molecule has 0 saturated heterocycles. The number of aromatic nitrogens is 2. The Bertz CT molecular complexity index is 816. The number of aromatic amines is 1. The largest absolute Gasteiger partial charge is 0.394 e. The lowest BCUT2D eigenvalue weighted by Gasteiger charge is -2.15. The molecule has 0 radical (unpaired) electrons. The molecule has 0 saturated carbocycles. The highest BCUT2D eigenvalue weighted by Crippen LogP contribution is 2.19. The summed E-state index contributed by atoms with van der Waals surface area (Å²) in [5.74, 6) is -0.709. The van der Waals surface area contributed by atoms with Crippen LogP contribution in [-0.2, 0) is 0 Å². The summed E-state index contributed by atoms with van der Waals surface area (Å²) in [6, 6.07) is 16.1. The maximum atomic E-state index is 13.0. The monoisotopic (exact) mass is 325 g/mol. The van der Waals surface area contributed by atoms with Crippen LogP contribution in [-0.4, -0.2) is 27.8 Å². The number of hydrogen-bond acceptors (Lipinski definition) is 3. The van der Waals surface area contributed by atoms with Crippen LogP contribution in [0.25, 0.3) is 11.3 Å². The van der Waals surface area contributed by atoms with Gasteiger partial charge in [-0.05, 0) is 35.9 Å². The number of nitrogens with one attached hydrogen (secondary N) is 2. The normalized spacial score (nSPS) is 11.9. The van der Waals surface area contributed by atoms with E-state index in [1.54, 1.807) is 18.2 Å². The average Bonchev–Trinajstić information content (AvgIpc) is 3.11. The molecule has 1 aromatic heterocycles. The van der Waals surface area contributed by atoms with Gasteiger partial charge in [-0.15, -0.1) is 0 Å². The Balaban J connectivity index is 1.75. The molecule has 0 aliphatic heterocycles. The second-order valence-electron chi connectivity index (χ2n) is 5.29. The fraction of sp³-hybridized carbons (Fsp3) is 0.111. The van der Waals surface area contributed by atoms with Gasteiger partial charge in [-0.25, -0.2) is 4.39 Å². The fourth-order valence-electron chi connectivity index (χ4n) is 2.36. The topological polar surface area (TPSA) is 78.0 Å². The number of benzene rings is 2. The molecule has 24 heavy (non-hydrogen) atoms. The molecule has 0 aliphatic carbocycles. The van der Waals surface area contributed by atoms with Gasteiger partial charge in [0.1, 0.15) is 11.5 Å². The van der Waals surface area contributed by atoms with E-state index in [0.717, 1.165) is 5.56 Å². The molecular formula is C18H16FN3O2. The first-order valence-electron chi connectivity index (χ1n) is 7.45. The van der Waals surface area contributed by atoms with Gasteiger partial charge in [0, 0.05) is 5.56 Å². The van der Waals surface area contributed by atoms with Crippen LogP contribution in [0.2, 0.25) is 0 Å². The minimum absolute atomic E-state index is 0.214. The van der Waals surface area contributed by atoms with Gasteiger partial charge in [0.2, 0.25) is 0 Å². The minimum Gasteiger partial charge on any atom is -0.394 e. The minimum atomic E-state index is -0.503. The summed E-state index contributed by atoms with van der Waals surface area (Å²) in [6.45, 7) is -0.214. The molecule has 5 nitrogen and oxygen atoms in total. The summed E-state index contributed by atoms with van der Waals surface area (Å²) < 4.78 is 13.0. The van der Waals surface area contributed by atoms with Crippen molar-refractivity contribution in [1.82, 2.24) is 15.5 Å². The first-order chi connectivity index (χ1) is 11.7. The van der Waals surface area contributed by atoms with Crippen molar-refractivity contribution >= 4 is 5.91 Å². The van der Waals surface area contributed by atoms with E-state index < -0.39 is 6.04 Å². The Kier molecular flexibility index (Phi) is 4.67. The van der Waals surface area contributed by atoms with Gasteiger partial charge in [-0.3, -0.25) is 9.89 Å². The number of aliphatic hydroxyl groups excluding tert-OH is 1. The molecule has 3 aromatic rings. The van der Waals surface area contributed by atoms with Gasteiger partial charge in [0.15, 0.2) is 0 Å². The van der Waals surface area contributed by atoms with Crippen LogP contribution >= 0.6 is 0 Å². The van der Waals surface area contributed by atoms with Crippen molar-refractivity contribution in [2.24, 2.45) is 0 Å². The SMILES string of the molecule is O=C(NC(CO)c1ccccc1)c1cc(-c2ccc(F)cc2)n[nH]1. The van der Waals surface area contributed by atoms with Gasteiger partial charge >= 0.3 is 0 Å². The summed E-state index contributed by atoms with van der Waals surface area (Å²) in [5.41, 5.74) is 2.32. The number of rotatable bonds is 5. The van der Waals surface area contributed by atoms with Crippen molar-refractivity contribution in [2.75, 3.05) is 6.61 Å². The van der Waals surface area contributed by atoms with Crippen molar-refractivity contribution in [3.05, 3.63) is 77.7 Å². The van der Waals surface area contributed by atoms with E-state index >= 15 is 0 Å². The Labute approximate surface area is 138 Å². The lowest BCUT2D eigenvalue weighted by molar-refractivity contribution is 0.0911. The number of hydrogen-bond donors (Lipinski definition) is 3. The molecule has 1 unspecified atom stereocenters. The van der Waals surface area contributed by atoms with Crippen molar-refractivity contribution < 1.29 is 14.3 Å². The summed E-state index contributed by atoms with van der Waals surface area (Å²) >= 11 is 0. The van der Waals surface area contributed by atoms with E-state index in [4.69, 9.17) is 0 Å². The molecule has 0 spiro atoms. The van der Waals surface area contributed by atoms with Crippen molar-refractivity contribution in [1.29, 1.82) is 0 Å². The van der Waals surface area contributed by atoms with Crippen molar-refractivity contribution in [2.45, 2.75) is 6.04 Å². The summed E-state index contributed by atoms with van der Waals surface area (Å²) in [4.78, 5) is 12.3. The highest BCUT2D eigenvalue weighted by Gasteiger charge is 2.17. The maximum Gasteiger partial charge on any atom is 0.269 e. The molecule has 0 fully saturated rings. The van der Waals surface area contributed by atoms with E-state index in [9.17, 15) is 14.3 Å². The number of halogens is 1. The number of nitrogens with zero attached hydrogens (tertiary/aromatic N) is 1. The Morgan fingerprint density at radius 1 is 1.17 bits per heavy atom. The highest BCUT2D eigenvalue weighted by molar-refractivity contribution is 5.93. The predicted octanol–water partition coefficient (Wildman–Crippen LogP) is 2.68. The third-order valence-electron chi connectivity index (χ3n) is 3.65. The molecule has 3 rings (SSSR count). The number of carbonyl (C=O) groups excluding carboxylic acids is 1. The molecule has 1 heterocycles.